The van der Waals surface area contributed by atoms with Crippen LogP contribution in [0.5, 0.6) is 0 Å². The Morgan fingerprint density at radius 3 is 2.08 bits per heavy atom. The smallest absolute Gasteiger partial charge is 0.331 e. The molecular formula is C6H10N2O5. The molecule has 0 aromatic rings. The predicted octanol–water partition coefficient (Wildman–Crippen LogP) is -2.49. The molecule has 0 aromatic heterocycles. The molecule has 1 saturated heterocycles. The third-order valence-electron chi connectivity index (χ3n) is 1.87. The first kappa shape index (κ1) is 9.90. The van der Waals surface area contributed by atoms with Crippen LogP contribution in [0.3, 0.4) is 0 Å². The van der Waals surface area contributed by atoms with Gasteiger partial charge in [-0.25, -0.2) is 9.69 Å². The number of urea groups is 1. The van der Waals surface area contributed by atoms with E-state index >= 15 is 0 Å². The average Bonchev–Trinajstić information content (AvgIpc) is 2.36. The van der Waals surface area contributed by atoms with Crippen molar-refractivity contribution in [2.24, 2.45) is 0 Å². The molecular weight excluding hydrogens is 180 g/mol. The largest absolute Gasteiger partial charge is 0.394 e. The molecule has 1 heterocycles. The third-order valence-corrected chi connectivity index (χ3v) is 1.87. The second kappa shape index (κ2) is 3.69. The Balaban J connectivity index is 2.88. The predicted molar refractivity (Wildman–Crippen MR) is 39.1 cm³/mol. The second-order valence-electron chi connectivity index (χ2n) is 2.50. The van der Waals surface area contributed by atoms with Crippen molar-refractivity contribution in [3.05, 3.63) is 0 Å². The Morgan fingerprint density at radius 1 is 1.15 bits per heavy atom. The van der Waals surface area contributed by atoms with E-state index in [9.17, 15) is 9.59 Å². The molecule has 74 valence electrons. The molecule has 0 aliphatic carbocycles. The topological polar surface area (TPSA) is 101 Å². The molecule has 1 aliphatic rings. The third kappa shape index (κ3) is 1.37. The number of aliphatic hydroxyl groups is 3. The highest BCUT2D eigenvalue weighted by Crippen LogP contribution is 2.15. The Labute approximate surface area is 73.8 Å². The molecule has 0 spiro atoms. The van der Waals surface area contributed by atoms with E-state index in [2.05, 4.69) is 0 Å². The van der Waals surface area contributed by atoms with Crippen molar-refractivity contribution in [3.63, 3.8) is 0 Å². The van der Waals surface area contributed by atoms with Crippen molar-refractivity contribution in [1.29, 1.82) is 0 Å². The number of carbonyl (C=O) groups excluding carboxylic acids is 2. The zero-order valence-corrected chi connectivity index (χ0v) is 6.75. The maximum Gasteiger partial charge on any atom is 0.331 e. The summed E-state index contributed by atoms with van der Waals surface area (Å²) in [4.78, 5) is 23.7. The van der Waals surface area contributed by atoms with E-state index in [-0.39, 0.29) is 0 Å². The Bertz CT molecular complexity index is 209. The fourth-order valence-electron chi connectivity index (χ4n) is 1.16. The monoisotopic (exact) mass is 190 g/mol. The zero-order chi connectivity index (χ0) is 10.0. The first-order valence-electron chi connectivity index (χ1n) is 3.62. The number of hydrogen-bond donors (Lipinski definition) is 3. The summed E-state index contributed by atoms with van der Waals surface area (Å²) in [5.41, 5.74) is 0. The quantitative estimate of drug-likeness (QED) is 0.427. The number of rotatable bonds is 3. The second-order valence-corrected chi connectivity index (χ2v) is 2.50. The summed E-state index contributed by atoms with van der Waals surface area (Å²) in [5, 5.41) is 26.1. The number of nitrogens with zero attached hydrogens (tertiary/aromatic N) is 2. The van der Waals surface area contributed by atoms with Crippen molar-refractivity contribution in [2.75, 3.05) is 20.1 Å². The van der Waals surface area contributed by atoms with Gasteiger partial charge in [-0.3, -0.25) is 9.69 Å². The van der Waals surface area contributed by atoms with Crippen molar-refractivity contribution in [1.82, 2.24) is 9.80 Å². The molecule has 0 bridgehead atoms. The van der Waals surface area contributed by atoms with Gasteiger partial charge in [-0.1, -0.05) is 0 Å². The molecule has 1 rings (SSSR count). The fraction of sp³-hybridized carbons (Fsp3) is 0.667. The van der Waals surface area contributed by atoms with Crippen molar-refractivity contribution in [3.8, 4) is 0 Å². The highest BCUT2D eigenvalue weighted by Gasteiger charge is 2.43. The lowest BCUT2D eigenvalue weighted by Crippen LogP contribution is -2.38. The number of aliphatic hydroxyl groups excluding tert-OH is 3. The van der Waals surface area contributed by atoms with E-state index in [1.165, 1.54) is 0 Å². The van der Waals surface area contributed by atoms with Crippen LogP contribution in [0, 0.1) is 0 Å². The summed E-state index contributed by atoms with van der Waals surface area (Å²) in [6.07, 6.45) is 0. The van der Waals surface area contributed by atoms with Gasteiger partial charge in [0.05, 0.1) is 6.61 Å². The maximum absolute atomic E-state index is 11.2. The molecule has 0 aromatic carbocycles. The molecule has 3 N–H and O–H groups in total. The molecule has 1 aliphatic heterocycles. The number of imide groups is 1. The summed E-state index contributed by atoms with van der Waals surface area (Å²) in [5.74, 6) is -0.705. The molecule has 1 fully saturated rings. The summed E-state index contributed by atoms with van der Waals surface area (Å²) < 4.78 is 0. The minimum Gasteiger partial charge on any atom is -0.394 e. The number of carbonyl (C=O) groups is 2. The zero-order valence-electron chi connectivity index (χ0n) is 6.75. The number of amides is 3. The van der Waals surface area contributed by atoms with Crippen molar-refractivity contribution >= 4 is 11.9 Å². The summed E-state index contributed by atoms with van der Waals surface area (Å²) in [6.45, 7) is -1.97. The molecule has 7 heteroatoms. The van der Waals surface area contributed by atoms with Gasteiger partial charge in [0, 0.05) is 0 Å². The molecule has 7 nitrogen and oxygen atoms in total. The van der Waals surface area contributed by atoms with Crippen LogP contribution in [0.4, 0.5) is 4.79 Å². The van der Waals surface area contributed by atoms with Gasteiger partial charge in [0.1, 0.15) is 19.5 Å². The normalized spacial score (nSPS) is 23.2. The van der Waals surface area contributed by atoms with Gasteiger partial charge >= 0.3 is 6.03 Å². The Hall–Kier alpha value is -1.18. The van der Waals surface area contributed by atoms with Crippen LogP contribution >= 0.6 is 0 Å². The standard InChI is InChI=1S/C6H10N2O5/c9-1-4-5(12)8(3-11)6(13)7(4)2-10/h4,9-11H,1-3H2. The van der Waals surface area contributed by atoms with Crippen LogP contribution in [0.2, 0.25) is 0 Å². The van der Waals surface area contributed by atoms with E-state index in [1.807, 2.05) is 0 Å². The number of hydrogen-bond acceptors (Lipinski definition) is 5. The van der Waals surface area contributed by atoms with E-state index < -0.39 is 38.0 Å². The summed E-state index contributed by atoms with van der Waals surface area (Å²) in [6, 6.07) is -1.88. The molecule has 3 amide bonds. The summed E-state index contributed by atoms with van der Waals surface area (Å²) in [7, 11) is 0. The van der Waals surface area contributed by atoms with E-state index in [1.54, 1.807) is 0 Å². The molecule has 1 atom stereocenters. The van der Waals surface area contributed by atoms with Crippen LogP contribution in [0.25, 0.3) is 0 Å². The van der Waals surface area contributed by atoms with Gasteiger partial charge in [0.2, 0.25) is 0 Å². The van der Waals surface area contributed by atoms with Gasteiger partial charge in [-0.15, -0.1) is 0 Å². The fourth-order valence-corrected chi connectivity index (χ4v) is 1.16. The highest BCUT2D eigenvalue weighted by atomic mass is 16.3. The SMILES string of the molecule is O=C1C(CO)N(CO)C(=O)N1CO. The van der Waals surface area contributed by atoms with Gasteiger partial charge in [-0.2, -0.15) is 0 Å². The maximum atomic E-state index is 11.2. The van der Waals surface area contributed by atoms with Crippen molar-refractivity contribution < 1.29 is 24.9 Å². The first-order valence-corrected chi connectivity index (χ1v) is 3.62. The molecule has 13 heavy (non-hydrogen) atoms. The first-order chi connectivity index (χ1) is 6.17. The van der Waals surface area contributed by atoms with Crippen LogP contribution < -0.4 is 0 Å². The highest BCUT2D eigenvalue weighted by molar-refractivity contribution is 6.04. The lowest BCUT2D eigenvalue weighted by atomic mass is 10.3. The minimum absolute atomic E-state index is 0.553. The Morgan fingerprint density at radius 2 is 1.77 bits per heavy atom. The van der Waals surface area contributed by atoms with Gasteiger partial charge < -0.3 is 15.3 Å². The summed E-state index contributed by atoms with van der Waals surface area (Å²) >= 11 is 0. The van der Waals surface area contributed by atoms with Crippen LogP contribution in [0.15, 0.2) is 0 Å². The molecule has 1 unspecified atom stereocenters. The molecule has 0 radical (unpaired) electrons. The van der Waals surface area contributed by atoms with E-state index in [0.29, 0.717) is 4.90 Å². The van der Waals surface area contributed by atoms with Gasteiger partial charge in [0.15, 0.2) is 0 Å². The minimum atomic E-state index is -1.08. The Kier molecular flexibility index (Phi) is 2.81. The average molecular weight is 190 g/mol. The van der Waals surface area contributed by atoms with Crippen LogP contribution in [-0.2, 0) is 4.79 Å². The van der Waals surface area contributed by atoms with Crippen molar-refractivity contribution in [2.45, 2.75) is 6.04 Å². The lowest BCUT2D eigenvalue weighted by Gasteiger charge is -2.15. The van der Waals surface area contributed by atoms with Crippen LogP contribution in [0.1, 0.15) is 0 Å². The van der Waals surface area contributed by atoms with E-state index in [4.69, 9.17) is 15.3 Å². The lowest BCUT2D eigenvalue weighted by molar-refractivity contribution is -0.131. The molecule has 0 saturated carbocycles. The van der Waals surface area contributed by atoms with Gasteiger partial charge in [-0.05, 0) is 0 Å². The van der Waals surface area contributed by atoms with E-state index in [0.717, 1.165) is 4.90 Å². The van der Waals surface area contributed by atoms with Gasteiger partial charge in [0.25, 0.3) is 5.91 Å². The van der Waals surface area contributed by atoms with Crippen LogP contribution in [-0.4, -0.2) is 63.2 Å².